The molecule has 21 heavy (non-hydrogen) atoms. The quantitative estimate of drug-likeness (QED) is 0.909. The number of rotatable bonds is 4. The Labute approximate surface area is 122 Å². The predicted octanol–water partition coefficient (Wildman–Crippen LogP) is 3.92. The molecule has 0 saturated carbocycles. The summed E-state index contributed by atoms with van der Waals surface area (Å²) >= 11 is 0. The van der Waals surface area contributed by atoms with Crippen LogP contribution in [-0.4, -0.2) is 18.8 Å². The predicted molar refractivity (Wildman–Crippen MR) is 73.9 cm³/mol. The van der Waals surface area contributed by atoms with Crippen LogP contribution in [0.4, 0.5) is 13.2 Å². The molecule has 1 aromatic rings. The molecule has 2 nitrogen and oxygen atoms in total. The number of fused-ring (bicyclic) bond motifs is 2. The van der Waals surface area contributed by atoms with Crippen molar-refractivity contribution in [3.8, 4) is 0 Å². The zero-order chi connectivity index (χ0) is 15.0. The topological polar surface area (TPSA) is 21.3 Å². The van der Waals surface area contributed by atoms with Crippen LogP contribution in [-0.2, 0) is 10.9 Å². The number of alkyl halides is 3. The first kappa shape index (κ1) is 14.9. The van der Waals surface area contributed by atoms with Crippen LogP contribution < -0.4 is 5.32 Å². The minimum absolute atomic E-state index is 0.0624. The van der Waals surface area contributed by atoms with E-state index in [9.17, 15) is 13.2 Å². The molecule has 1 aromatic carbocycles. The monoisotopic (exact) mass is 299 g/mol. The highest BCUT2D eigenvalue weighted by atomic mass is 19.4. The Morgan fingerprint density at radius 3 is 2.71 bits per heavy atom. The number of halogens is 3. The van der Waals surface area contributed by atoms with Gasteiger partial charge in [0.25, 0.3) is 0 Å². The third-order valence-electron chi connectivity index (χ3n) is 4.58. The van der Waals surface area contributed by atoms with Crippen molar-refractivity contribution in [2.24, 2.45) is 5.92 Å². The van der Waals surface area contributed by atoms with E-state index in [0.29, 0.717) is 11.7 Å². The first-order valence-corrected chi connectivity index (χ1v) is 7.55. The number of ether oxygens (including phenoxy) is 1. The van der Waals surface area contributed by atoms with Gasteiger partial charge in [0.15, 0.2) is 0 Å². The maximum Gasteiger partial charge on any atom is 0.416 e. The zero-order valence-electron chi connectivity index (χ0n) is 12.0. The molecule has 2 aliphatic rings. The summed E-state index contributed by atoms with van der Waals surface area (Å²) in [5, 5.41) is 3.36. The van der Waals surface area contributed by atoms with Gasteiger partial charge in [-0.25, -0.2) is 0 Å². The maximum absolute atomic E-state index is 12.9. The molecular weight excluding hydrogens is 279 g/mol. The van der Waals surface area contributed by atoms with Crippen LogP contribution in [0.1, 0.15) is 43.4 Å². The molecule has 1 N–H and O–H groups in total. The fraction of sp³-hybridized carbons (Fsp3) is 0.625. The Bertz CT molecular complexity index is 503. The van der Waals surface area contributed by atoms with E-state index in [1.807, 2.05) is 6.92 Å². The van der Waals surface area contributed by atoms with Crippen LogP contribution in [0, 0.1) is 5.92 Å². The lowest BCUT2D eigenvalue weighted by Gasteiger charge is -2.30. The Hall–Kier alpha value is -1.07. The van der Waals surface area contributed by atoms with Crippen LogP contribution in [0.15, 0.2) is 24.3 Å². The van der Waals surface area contributed by atoms with Crippen molar-refractivity contribution in [3.05, 3.63) is 35.4 Å². The van der Waals surface area contributed by atoms with Gasteiger partial charge >= 0.3 is 6.18 Å². The smallest absolute Gasteiger partial charge is 0.375 e. The van der Waals surface area contributed by atoms with E-state index >= 15 is 0 Å². The van der Waals surface area contributed by atoms with Crippen molar-refractivity contribution < 1.29 is 17.9 Å². The summed E-state index contributed by atoms with van der Waals surface area (Å²) in [6.07, 6.45) is -0.754. The molecule has 4 atom stereocenters. The van der Waals surface area contributed by atoms with Gasteiger partial charge in [-0.2, -0.15) is 13.2 Å². The molecule has 3 rings (SSSR count). The van der Waals surface area contributed by atoms with E-state index in [2.05, 4.69) is 5.32 Å². The van der Waals surface area contributed by atoms with Crippen molar-refractivity contribution in [2.45, 2.75) is 50.6 Å². The zero-order valence-corrected chi connectivity index (χ0v) is 12.0. The van der Waals surface area contributed by atoms with E-state index in [1.165, 1.54) is 12.1 Å². The average Bonchev–Trinajstić information content (AvgIpc) is 3.06. The molecule has 0 amide bonds. The van der Waals surface area contributed by atoms with Crippen molar-refractivity contribution in [1.29, 1.82) is 0 Å². The molecule has 4 unspecified atom stereocenters. The minimum Gasteiger partial charge on any atom is -0.375 e. The van der Waals surface area contributed by atoms with Crippen molar-refractivity contribution in [2.75, 3.05) is 6.54 Å². The van der Waals surface area contributed by atoms with E-state index in [1.54, 1.807) is 6.07 Å². The van der Waals surface area contributed by atoms with Crippen LogP contribution in [0.5, 0.6) is 0 Å². The van der Waals surface area contributed by atoms with Gasteiger partial charge in [0, 0.05) is 12.0 Å². The first-order chi connectivity index (χ1) is 9.99. The second-order valence-electron chi connectivity index (χ2n) is 5.93. The lowest BCUT2D eigenvalue weighted by molar-refractivity contribution is -0.137. The van der Waals surface area contributed by atoms with Gasteiger partial charge in [-0.15, -0.1) is 0 Å². The van der Waals surface area contributed by atoms with Crippen molar-refractivity contribution in [1.82, 2.24) is 5.32 Å². The number of hydrogen-bond acceptors (Lipinski definition) is 2. The van der Waals surface area contributed by atoms with Crippen LogP contribution in [0.3, 0.4) is 0 Å². The number of benzene rings is 1. The van der Waals surface area contributed by atoms with E-state index in [4.69, 9.17) is 4.74 Å². The molecule has 0 spiro atoms. The molecule has 0 aromatic heterocycles. The summed E-state index contributed by atoms with van der Waals surface area (Å²) in [4.78, 5) is 0. The molecule has 0 radical (unpaired) electrons. The van der Waals surface area contributed by atoms with Crippen LogP contribution >= 0.6 is 0 Å². The maximum atomic E-state index is 12.9. The Kier molecular flexibility index (Phi) is 3.97. The number of nitrogens with one attached hydrogen (secondary N) is 1. The van der Waals surface area contributed by atoms with Crippen LogP contribution in [0.25, 0.3) is 0 Å². The van der Waals surface area contributed by atoms with Gasteiger partial charge in [-0.1, -0.05) is 19.1 Å². The standard InChI is InChI=1S/C16H20F3NO/c1-2-20-15(13-9-12-6-7-14(13)21-12)10-4-3-5-11(8-10)16(17,18)19/h3-5,8,12-15,20H,2,6-7,9H2,1H3. The van der Waals surface area contributed by atoms with Gasteiger partial charge in [-0.05, 0) is 43.5 Å². The van der Waals surface area contributed by atoms with Crippen molar-refractivity contribution >= 4 is 0 Å². The summed E-state index contributed by atoms with van der Waals surface area (Å²) in [5.74, 6) is 0.271. The summed E-state index contributed by atoms with van der Waals surface area (Å²) in [6.45, 7) is 2.71. The summed E-state index contributed by atoms with van der Waals surface area (Å²) in [5.41, 5.74) is 0.139. The second kappa shape index (κ2) is 5.61. The Morgan fingerprint density at radius 1 is 1.33 bits per heavy atom. The summed E-state index contributed by atoms with van der Waals surface area (Å²) in [7, 11) is 0. The van der Waals surface area contributed by atoms with Gasteiger partial charge in [0.05, 0.1) is 17.8 Å². The van der Waals surface area contributed by atoms with Gasteiger partial charge in [-0.3, -0.25) is 0 Å². The third kappa shape index (κ3) is 2.94. The highest BCUT2D eigenvalue weighted by Crippen LogP contribution is 2.45. The van der Waals surface area contributed by atoms with Crippen LogP contribution in [0.2, 0.25) is 0 Å². The molecular formula is C16H20F3NO. The fourth-order valence-electron chi connectivity index (χ4n) is 3.67. The molecule has 2 aliphatic heterocycles. The van der Waals surface area contributed by atoms with E-state index in [0.717, 1.165) is 31.9 Å². The van der Waals surface area contributed by atoms with Gasteiger partial charge < -0.3 is 10.1 Å². The molecule has 116 valence electrons. The normalized spacial score (nSPS) is 29.8. The molecule has 2 heterocycles. The molecule has 5 heteroatoms. The molecule has 2 bridgehead atoms. The lowest BCUT2D eigenvalue weighted by atomic mass is 9.80. The Morgan fingerprint density at radius 2 is 2.14 bits per heavy atom. The first-order valence-electron chi connectivity index (χ1n) is 7.55. The summed E-state index contributed by atoms with van der Waals surface area (Å²) in [6, 6.07) is 5.63. The molecule has 2 saturated heterocycles. The minimum atomic E-state index is -4.29. The highest BCUT2D eigenvalue weighted by molar-refractivity contribution is 5.29. The molecule has 0 aliphatic carbocycles. The average molecular weight is 299 g/mol. The fourth-order valence-corrected chi connectivity index (χ4v) is 3.67. The SMILES string of the molecule is CCNC(c1cccc(C(F)(F)F)c1)C1CC2CCC1O2. The largest absolute Gasteiger partial charge is 0.416 e. The van der Waals surface area contributed by atoms with Gasteiger partial charge in [0.1, 0.15) is 0 Å². The second-order valence-corrected chi connectivity index (χ2v) is 5.93. The van der Waals surface area contributed by atoms with Gasteiger partial charge in [0.2, 0.25) is 0 Å². The lowest BCUT2D eigenvalue weighted by Crippen LogP contribution is -2.33. The van der Waals surface area contributed by atoms with Crippen molar-refractivity contribution in [3.63, 3.8) is 0 Å². The molecule has 2 fully saturated rings. The highest BCUT2D eigenvalue weighted by Gasteiger charge is 2.44. The van der Waals surface area contributed by atoms with E-state index < -0.39 is 11.7 Å². The van der Waals surface area contributed by atoms with E-state index in [-0.39, 0.29) is 18.1 Å². The third-order valence-corrected chi connectivity index (χ3v) is 4.58. The Balaban J connectivity index is 1.87. The summed E-state index contributed by atoms with van der Waals surface area (Å²) < 4.78 is 44.6. The number of hydrogen-bond donors (Lipinski definition) is 1.